The van der Waals surface area contributed by atoms with Gasteiger partial charge in [-0.2, -0.15) is 0 Å². The van der Waals surface area contributed by atoms with Crippen LogP contribution < -0.4 is 15.0 Å². The molecule has 3 N–H and O–H groups in total. The summed E-state index contributed by atoms with van der Waals surface area (Å²) in [7, 11) is 1.59. The summed E-state index contributed by atoms with van der Waals surface area (Å²) in [6, 6.07) is 7.57. The van der Waals surface area contributed by atoms with E-state index in [-0.39, 0.29) is 39.4 Å². The van der Waals surface area contributed by atoms with Crippen LogP contribution in [0.3, 0.4) is 0 Å². The van der Waals surface area contributed by atoms with Crippen LogP contribution in [0.15, 0.2) is 24.3 Å². The number of methoxy groups -OCH3 is 1. The summed E-state index contributed by atoms with van der Waals surface area (Å²) in [6.45, 7) is 3.17. The zero-order chi connectivity index (χ0) is 24.1. The molecular weight excluding hydrogens is 499 g/mol. The molecule has 8 nitrogen and oxygen atoms in total. The Bertz CT molecular complexity index is 1280. The summed E-state index contributed by atoms with van der Waals surface area (Å²) in [6.07, 6.45) is 0.375. The van der Waals surface area contributed by atoms with E-state index in [4.69, 9.17) is 27.9 Å². The van der Waals surface area contributed by atoms with Crippen molar-refractivity contribution in [2.45, 2.75) is 19.4 Å². The van der Waals surface area contributed by atoms with Gasteiger partial charge in [0, 0.05) is 48.6 Å². The third-order valence-corrected chi connectivity index (χ3v) is 8.57. The first-order valence-electron chi connectivity index (χ1n) is 10.7. The van der Waals surface area contributed by atoms with Gasteiger partial charge >= 0.3 is 5.97 Å². The minimum atomic E-state index is -0.986. The fourth-order valence-electron chi connectivity index (χ4n) is 4.64. The van der Waals surface area contributed by atoms with E-state index in [2.05, 4.69) is 20.2 Å². The largest absolute Gasteiger partial charge is 0.496 e. The average Bonchev–Trinajstić information content (AvgIpc) is 3.19. The minimum absolute atomic E-state index is 0.0501. The van der Waals surface area contributed by atoms with Crippen LogP contribution in [0.4, 0.5) is 5.13 Å². The van der Waals surface area contributed by atoms with E-state index >= 15 is 0 Å². The molecule has 0 radical (unpaired) electrons. The molecule has 34 heavy (non-hydrogen) atoms. The summed E-state index contributed by atoms with van der Waals surface area (Å²) in [5.74, 6) is 0.00799. The van der Waals surface area contributed by atoms with Crippen LogP contribution in [-0.4, -0.2) is 53.2 Å². The van der Waals surface area contributed by atoms with Crippen LogP contribution in [-0.2, 0) is 6.42 Å². The van der Waals surface area contributed by atoms with Gasteiger partial charge in [0.2, 0.25) is 0 Å². The molecule has 0 spiro atoms. The van der Waals surface area contributed by atoms with Crippen LogP contribution in [0.1, 0.15) is 37.1 Å². The molecule has 1 saturated heterocycles. The number of aromatic nitrogens is 2. The van der Waals surface area contributed by atoms with Crippen molar-refractivity contribution in [2.24, 2.45) is 11.8 Å². The number of hydrogen-bond donors (Lipinski definition) is 3. The Hall–Kier alpha value is -2.75. The molecule has 1 aliphatic carbocycles. The highest BCUT2D eigenvalue weighted by Gasteiger charge is 2.57. The van der Waals surface area contributed by atoms with Gasteiger partial charge in [-0.3, -0.25) is 4.79 Å². The van der Waals surface area contributed by atoms with Crippen LogP contribution in [0.2, 0.25) is 10.0 Å². The number of fused-ring (bicyclic) bond motifs is 1. The Morgan fingerprint density at radius 1 is 1.26 bits per heavy atom. The third-order valence-electron chi connectivity index (χ3n) is 6.47. The minimum Gasteiger partial charge on any atom is -0.496 e. The number of amides is 1. The Balaban J connectivity index is 1.26. The van der Waals surface area contributed by atoms with Crippen molar-refractivity contribution < 1.29 is 19.4 Å². The normalized spacial score (nSPS) is 20.8. The van der Waals surface area contributed by atoms with Crippen LogP contribution in [0.25, 0.3) is 0 Å². The molecule has 1 saturated carbocycles. The van der Waals surface area contributed by atoms with E-state index in [1.165, 1.54) is 11.3 Å². The molecule has 3 heterocycles. The van der Waals surface area contributed by atoms with E-state index in [0.717, 1.165) is 5.56 Å². The van der Waals surface area contributed by atoms with Gasteiger partial charge < -0.3 is 25.0 Å². The topological polar surface area (TPSA) is 108 Å². The van der Waals surface area contributed by atoms with Crippen molar-refractivity contribution in [3.05, 3.63) is 61.8 Å². The van der Waals surface area contributed by atoms with Crippen LogP contribution >= 0.6 is 34.5 Å². The zero-order valence-electron chi connectivity index (χ0n) is 18.4. The SMILES string of the molecule is COc1ccccc1Cc1nc(N2C[C@@H]3[C@H](C2)[C@@H]3NC(=O)c2[nH]c(C)c(Cl)c2Cl)sc1C(=O)O. The summed E-state index contributed by atoms with van der Waals surface area (Å²) in [5.41, 5.74) is 2.34. The number of thiazole rings is 1. The number of benzene rings is 1. The third kappa shape index (κ3) is 4.01. The van der Waals surface area contributed by atoms with Gasteiger partial charge in [-0.25, -0.2) is 9.78 Å². The van der Waals surface area contributed by atoms with Crippen molar-refractivity contribution in [1.82, 2.24) is 15.3 Å². The average molecular weight is 521 g/mol. The Morgan fingerprint density at radius 2 is 1.97 bits per heavy atom. The molecule has 1 aromatic carbocycles. The van der Waals surface area contributed by atoms with Gasteiger partial charge in [0.05, 0.1) is 22.8 Å². The maximum absolute atomic E-state index is 12.6. The predicted molar refractivity (Wildman–Crippen MR) is 131 cm³/mol. The van der Waals surface area contributed by atoms with Crippen molar-refractivity contribution in [2.75, 3.05) is 25.1 Å². The molecule has 1 amide bonds. The Labute approximate surface area is 209 Å². The Morgan fingerprint density at radius 3 is 2.59 bits per heavy atom. The number of para-hydroxylation sites is 1. The number of carbonyl (C=O) groups is 2. The molecule has 0 bridgehead atoms. The molecule has 0 unspecified atom stereocenters. The van der Waals surface area contributed by atoms with Crippen molar-refractivity contribution >= 4 is 51.5 Å². The molecular formula is C23H22Cl2N4O4S. The second-order valence-electron chi connectivity index (χ2n) is 8.55. The number of aryl methyl sites for hydroxylation is 1. The van der Waals surface area contributed by atoms with Gasteiger partial charge in [-0.1, -0.05) is 52.7 Å². The first-order chi connectivity index (χ1) is 16.3. The highest BCUT2D eigenvalue weighted by molar-refractivity contribution is 7.17. The molecule has 11 heteroatoms. The number of hydrogen-bond acceptors (Lipinski definition) is 6. The number of carboxylic acid groups (broad SMARTS) is 1. The van der Waals surface area contributed by atoms with Gasteiger partial charge in [0.25, 0.3) is 5.91 Å². The number of H-pyrrole nitrogens is 1. The lowest BCUT2D eigenvalue weighted by Crippen LogP contribution is -2.34. The van der Waals surface area contributed by atoms with E-state index in [1.54, 1.807) is 14.0 Å². The fraction of sp³-hybridized carbons (Fsp3) is 0.348. The zero-order valence-corrected chi connectivity index (χ0v) is 20.7. The van der Waals surface area contributed by atoms with Gasteiger partial charge in [-0.15, -0.1) is 0 Å². The lowest BCUT2D eigenvalue weighted by atomic mass is 10.1. The highest BCUT2D eigenvalue weighted by atomic mass is 35.5. The first-order valence-corrected chi connectivity index (χ1v) is 12.3. The number of ether oxygens (including phenoxy) is 1. The molecule has 5 rings (SSSR count). The standard InChI is InChI=1S/C23H22Cl2N4O4S/c1-10-16(24)17(25)19(26-10)21(30)28-18-12-8-29(9-13(12)18)23-27-14(20(34-23)22(31)32)7-11-5-3-4-6-15(11)33-2/h3-6,12-13,18,26H,7-9H2,1-2H3,(H,28,30)(H,31,32)/t12-,13+,18-. The van der Waals surface area contributed by atoms with Gasteiger partial charge in [-0.05, 0) is 13.0 Å². The van der Waals surface area contributed by atoms with Gasteiger partial charge in [0.15, 0.2) is 5.13 Å². The Kier molecular flexibility index (Phi) is 5.95. The maximum atomic E-state index is 12.6. The molecule has 178 valence electrons. The number of carbonyl (C=O) groups excluding carboxylic acids is 1. The quantitative estimate of drug-likeness (QED) is 0.429. The number of aromatic amines is 1. The lowest BCUT2D eigenvalue weighted by molar-refractivity contribution is 0.0700. The first kappa shape index (κ1) is 23.0. The van der Waals surface area contributed by atoms with Crippen molar-refractivity contribution in [3.8, 4) is 5.75 Å². The summed E-state index contributed by atoms with van der Waals surface area (Å²) in [4.78, 5) is 34.5. The maximum Gasteiger partial charge on any atom is 0.347 e. The number of halogens is 2. The molecule has 2 aliphatic rings. The van der Waals surface area contributed by atoms with E-state index < -0.39 is 5.97 Å². The number of nitrogens with zero attached hydrogens (tertiary/aromatic N) is 2. The summed E-state index contributed by atoms with van der Waals surface area (Å²) >= 11 is 13.4. The monoisotopic (exact) mass is 520 g/mol. The fourth-order valence-corrected chi connectivity index (χ4v) is 6.00. The second-order valence-corrected chi connectivity index (χ2v) is 10.3. The lowest BCUT2D eigenvalue weighted by Gasteiger charge is -2.19. The highest BCUT2D eigenvalue weighted by Crippen LogP contribution is 2.48. The van der Waals surface area contributed by atoms with E-state index in [0.29, 0.717) is 46.8 Å². The smallest absolute Gasteiger partial charge is 0.347 e. The number of piperidine rings is 1. The van der Waals surface area contributed by atoms with E-state index in [1.807, 2.05) is 24.3 Å². The number of aromatic carboxylic acids is 1. The molecule has 2 fully saturated rings. The van der Waals surface area contributed by atoms with Crippen LogP contribution in [0.5, 0.6) is 5.75 Å². The molecule has 3 aromatic rings. The number of rotatable bonds is 7. The van der Waals surface area contributed by atoms with Crippen molar-refractivity contribution in [3.63, 3.8) is 0 Å². The predicted octanol–water partition coefficient (Wildman–Crippen LogP) is 4.25. The van der Waals surface area contributed by atoms with Crippen LogP contribution in [0, 0.1) is 18.8 Å². The number of anilines is 1. The second kappa shape index (κ2) is 8.79. The number of nitrogens with one attached hydrogen (secondary N) is 2. The van der Waals surface area contributed by atoms with Crippen molar-refractivity contribution in [1.29, 1.82) is 0 Å². The van der Waals surface area contributed by atoms with E-state index in [9.17, 15) is 14.7 Å². The molecule has 1 aliphatic heterocycles. The summed E-state index contributed by atoms with van der Waals surface area (Å²) in [5, 5.41) is 14.0. The molecule has 2 aromatic heterocycles. The summed E-state index contributed by atoms with van der Waals surface area (Å²) < 4.78 is 5.40. The number of carboxylic acids is 1. The molecule has 3 atom stereocenters. The van der Waals surface area contributed by atoms with Gasteiger partial charge in [0.1, 0.15) is 16.3 Å².